The summed E-state index contributed by atoms with van der Waals surface area (Å²) >= 11 is 7.51. The fourth-order valence-electron chi connectivity index (χ4n) is 2.83. The first kappa shape index (κ1) is 16.2. The largest absolute Gasteiger partial charge is 0.360 e. The maximum Gasteiger partial charge on any atom is 0.178 e. The Kier molecular flexibility index (Phi) is 4.85. The number of aryl methyl sites for hydroxylation is 1. The van der Waals surface area contributed by atoms with Gasteiger partial charge in [-0.1, -0.05) is 36.7 Å². The quantitative estimate of drug-likeness (QED) is 0.653. The van der Waals surface area contributed by atoms with Crippen LogP contribution in [0.3, 0.4) is 0 Å². The van der Waals surface area contributed by atoms with Crippen molar-refractivity contribution in [2.24, 2.45) is 0 Å². The number of carbonyl (C=O) groups is 1. The van der Waals surface area contributed by atoms with Gasteiger partial charge >= 0.3 is 0 Å². The first-order valence-corrected chi connectivity index (χ1v) is 8.83. The highest BCUT2D eigenvalue weighted by atomic mass is 35.5. The summed E-state index contributed by atoms with van der Waals surface area (Å²) in [6, 6.07) is 10.0. The van der Waals surface area contributed by atoms with E-state index in [-0.39, 0.29) is 5.78 Å². The van der Waals surface area contributed by atoms with Gasteiger partial charge in [0.2, 0.25) is 0 Å². The highest BCUT2D eigenvalue weighted by Gasteiger charge is 2.15. The number of benzene rings is 1. The number of thiophene rings is 1. The molecule has 0 fully saturated rings. The number of aromatic amines is 1. The van der Waals surface area contributed by atoms with Gasteiger partial charge < -0.3 is 4.98 Å². The van der Waals surface area contributed by atoms with E-state index in [2.05, 4.69) is 18.0 Å². The summed E-state index contributed by atoms with van der Waals surface area (Å²) in [6.45, 7) is 3.24. The van der Waals surface area contributed by atoms with Crippen molar-refractivity contribution >= 4 is 39.6 Å². The second-order valence-electron chi connectivity index (χ2n) is 5.70. The number of nitrogens with zero attached hydrogens (tertiary/aromatic N) is 1. The van der Waals surface area contributed by atoms with Crippen LogP contribution in [0.1, 0.15) is 27.7 Å². The van der Waals surface area contributed by atoms with Crippen molar-refractivity contribution in [2.75, 3.05) is 13.6 Å². The first-order chi connectivity index (χ1) is 11.1. The molecule has 23 heavy (non-hydrogen) atoms. The summed E-state index contributed by atoms with van der Waals surface area (Å²) < 4.78 is 0.781. The lowest BCUT2D eigenvalue weighted by molar-refractivity contribution is 0.0945. The smallest absolute Gasteiger partial charge is 0.178 e. The molecule has 2 aromatic heterocycles. The highest BCUT2D eigenvalue weighted by molar-refractivity contribution is 7.16. The second kappa shape index (κ2) is 6.87. The molecule has 0 aliphatic rings. The monoisotopic (exact) mass is 346 g/mol. The number of Topliss-reactive ketones (excluding diaryl/α,β-unsaturated/α-hetero) is 1. The third-order valence-electron chi connectivity index (χ3n) is 3.95. The van der Waals surface area contributed by atoms with Gasteiger partial charge in [0.1, 0.15) is 0 Å². The Morgan fingerprint density at radius 1 is 1.30 bits per heavy atom. The molecule has 0 amide bonds. The molecular formula is C18H19ClN2OS. The van der Waals surface area contributed by atoms with E-state index in [0.717, 1.165) is 38.6 Å². The van der Waals surface area contributed by atoms with E-state index >= 15 is 0 Å². The summed E-state index contributed by atoms with van der Waals surface area (Å²) in [5.74, 6) is 0.134. The predicted octanol–water partition coefficient (Wildman–Crippen LogP) is 4.76. The van der Waals surface area contributed by atoms with Crippen molar-refractivity contribution in [2.45, 2.75) is 19.9 Å². The number of halogens is 1. The van der Waals surface area contributed by atoms with Crippen LogP contribution in [0.4, 0.5) is 0 Å². The number of rotatable bonds is 6. The number of likely N-dealkylation sites (N-methyl/N-ethyl adjacent to an activating group) is 1. The van der Waals surface area contributed by atoms with E-state index < -0.39 is 0 Å². The van der Waals surface area contributed by atoms with Gasteiger partial charge in [-0.25, -0.2) is 0 Å². The molecule has 0 bridgehead atoms. The van der Waals surface area contributed by atoms with Gasteiger partial charge in [-0.2, -0.15) is 0 Å². The van der Waals surface area contributed by atoms with Gasteiger partial charge in [-0.3, -0.25) is 9.69 Å². The lowest BCUT2D eigenvalue weighted by atomic mass is 10.0. The molecule has 3 aromatic rings. The average Bonchev–Trinajstić information content (AvgIpc) is 3.12. The molecule has 0 radical (unpaired) electrons. The van der Waals surface area contributed by atoms with Crippen molar-refractivity contribution in [3.05, 3.63) is 56.9 Å². The SMILES string of the molecule is CCc1cccc2c(C(=O)CN(C)Cc3ccc(Cl)s3)c[nH]c12. The Morgan fingerprint density at radius 3 is 2.83 bits per heavy atom. The molecule has 3 rings (SSSR count). The van der Waals surface area contributed by atoms with Gasteiger partial charge in [-0.15, -0.1) is 11.3 Å². The van der Waals surface area contributed by atoms with Gasteiger partial charge in [0.05, 0.1) is 10.9 Å². The zero-order chi connectivity index (χ0) is 16.4. The number of hydrogen-bond acceptors (Lipinski definition) is 3. The maximum absolute atomic E-state index is 12.6. The van der Waals surface area contributed by atoms with Crippen LogP contribution in [-0.4, -0.2) is 29.3 Å². The van der Waals surface area contributed by atoms with E-state index in [1.54, 1.807) is 11.3 Å². The summed E-state index contributed by atoms with van der Waals surface area (Å²) in [4.78, 5) is 19.1. The molecule has 5 heteroatoms. The van der Waals surface area contributed by atoms with Crippen LogP contribution >= 0.6 is 22.9 Å². The predicted molar refractivity (Wildman–Crippen MR) is 97.7 cm³/mol. The van der Waals surface area contributed by atoms with Crippen molar-refractivity contribution in [1.29, 1.82) is 0 Å². The van der Waals surface area contributed by atoms with Gasteiger partial charge in [0.25, 0.3) is 0 Å². The Hall–Kier alpha value is -1.62. The molecule has 0 saturated carbocycles. The van der Waals surface area contributed by atoms with E-state index in [9.17, 15) is 4.79 Å². The number of H-pyrrole nitrogens is 1. The standard InChI is InChI=1S/C18H19ClN2OS/c1-3-12-5-4-6-14-15(9-20-18(12)14)16(22)11-21(2)10-13-7-8-17(19)23-13/h4-9,20H,3,10-11H2,1-2H3. The minimum Gasteiger partial charge on any atom is -0.360 e. The minimum atomic E-state index is 0.134. The maximum atomic E-state index is 12.6. The summed E-state index contributed by atoms with van der Waals surface area (Å²) in [7, 11) is 1.96. The molecular weight excluding hydrogens is 328 g/mol. The van der Waals surface area contributed by atoms with E-state index in [0.29, 0.717) is 6.54 Å². The van der Waals surface area contributed by atoms with Crippen LogP contribution in [0.15, 0.2) is 36.5 Å². The molecule has 0 unspecified atom stereocenters. The molecule has 3 nitrogen and oxygen atoms in total. The molecule has 120 valence electrons. The number of aromatic nitrogens is 1. The second-order valence-corrected chi connectivity index (χ2v) is 7.50. The zero-order valence-corrected chi connectivity index (χ0v) is 14.8. The van der Waals surface area contributed by atoms with Crippen LogP contribution in [-0.2, 0) is 13.0 Å². The van der Waals surface area contributed by atoms with Crippen LogP contribution in [0.25, 0.3) is 10.9 Å². The van der Waals surface area contributed by atoms with Crippen molar-refractivity contribution in [3.63, 3.8) is 0 Å². The lowest BCUT2D eigenvalue weighted by Gasteiger charge is -2.14. The van der Waals surface area contributed by atoms with E-state index in [4.69, 9.17) is 11.6 Å². The molecule has 2 heterocycles. The fourth-order valence-corrected chi connectivity index (χ4v) is 4.00. The average molecular weight is 347 g/mol. The fraction of sp³-hybridized carbons (Fsp3) is 0.278. The van der Waals surface area contributed by atoms with Gasteiger partial charge in [0, 0.05) is 34.1 Å². The van der Waals surface area contributed by atoms with Crippen LogP contribution < -0.4 is 0 Å². The van der Waals surface area contributed by atoms with Gasteiger partial charge in [0.15, 0.2) is 5.78 Å². The molecule has 0 atom stereocenters. The molecule has 1 aromatic carbocycles. The summed E-state index contributed by atoms with van der Waals surface area (Å²) in [6.07, 6.45) is 2.78. The third-order valence-corrected chi connectivity index (χ3v) is 5.17. The zero-order valence-electron chi connectivity index (χ0n) is 13.2. The van der Waals surface area contributed by atoms with Gasteiger partial charge in [-0.05, 0) is 31.2 Å². The Morgan fingerprint density at radius 2 is 2.13 bits per heavy atom. The lowest BCUT2D eigenvalue weighted by Crippen LogP contribution is -2.25. The van der Waals surface area contributed by atoms with Crippen LogP contribution in [0.2, 0.25) is 4.34 Å². The van der Waals surface area contributed by atoms with Crippen molar-refractivity contribution in [1.82, 2.24) is 9.88 Å². The molecule has 0 spiro atoms. The molecule has 0 aliphatic carbocycles. The molecule has 1 N–H and O–H groups in total. The van der Waals surface area contributed by atoms with Crippen LogP contribution in [0, 0.1) is 0 Å². The number of ketones is 1. The van der Waals surface area contributed by atoms with E-state index in [1.165, 1.54) is 5.56 Å². The summed E-state index contributed by atoms with van der Waals surface area (Å²) in [5, 5.41) is 1.02. The van der Waals surface area contributed by atoms with Crippen molar-refractivity contribution < 1.29 is 4.79 Å². The number of nitrogens with one attached hydrogen (secondary N) is 1. The Bertz CT molecular complexity index is 837. The minimum absolute atomic E-state index is 0.134. The Labute approximate surface area is 144 Å². The summed E-state index contributed by atoms with van der Waals surface area (Å²) in [5.41, 5.74) is 3.08. The third kappa shape index (κ3) is 3.50. The van der Waals surface area contributed by atoms with Crippen molar-refractivity contribution in [3.8, 4) is 0 Å². The number of fused-ring (bicyclic) bond motifs is 1. The topological polar surface area (TPSA) is 36.1 Å². The first-order valence-electron chi connectivity index (χ1n) is 7.63. The Balaban J connectivity index is 1.75. The molecule has 0 saturated heterocycles. The number of carbonyl (C=O) groups excluding carboxylic acids is 1. The number of hydrogen-bond donors (Lipinski definition) is 1. The molecule has 0 aliphatic heterocycles. The highest BCUT2D eigenvalue weighted by Crippen LogP contribution is 2.24. The van der Waals surface area contributed by atoms with E-state index in [1.807, 2.05) is 42.4 Å². The van der Waals surface area contributed by atoms with Crippen LogP contribution in [0.5, 0.6) is 0 Å². The number of para-hydroxylation sites is 1. The normalized spacial score (nSPS) is 11.5.